The predicted octanol–water partition coefficient (Wildman–Crippen LogP) is 4.05. The Hall–Kier alpha value is -0.520. The number of hydrogen-bond acceptors (Lipinski definition) is 0. The topological polar surface area (TPSA) is 0 Å². The first kappa shape index (κ1) is 23.6. The van der Waals surface area contributed by atoms with Crippen LogP contribution in [0, 0.1) is 0 Å². The van der Waals surface area contributed by atoms with Crippen LogP contribution in [0.4, 0.5) is 0 Å². The van der Waals surface area contributed by atoms with Crippen molar-refractivity contribution in [3.63, 3.8) is 0 Å². The molecule has 0 nitrogen and oxygen atoms in total. The molecule has 0 spiro atoms. The van der Waals surface area contributed by atoms with Gasteiger partial charge in [-0.25, -0.2) is 0 Å². The lowest BCUT2D eigenvalue weighted by Crippen LogP contribution is -1.47. The molecule has 0 bridgehead atoms. The highest BCUT2D eigenvalue weighted by Crippen LogP contribution is 1.76. The average Bonchev–Trinajstić information content (AvgIpc) is 1.96. The van der Waals surface area contributed by atoms with Crippen molar-refractivity contribution in [2.45, 2.75) is 34.1 Å². The van der Waals surface area contributed by atoms with Crippen LogP contribution < -0.4 is 0 Å². The normalized spacial score (nSPS) is 4.22. The molecule has 9 heavy (non-hydrogen) atoms. The van der Waals surface area contributed by atoms with Crippen LogP contribution in [0.25, 0.3) is 0 Å². The van der Waals surface area contributed by atoms with E-state index in [0.29, 0.717) is 0 Å². The van der Waals surface area contributed by atoms with Crippen LogP contribution >= 0.6 is 0 Å². The third-order valence-electron chi connectivity index (χ3n) is 0.500. The maximum atomic E-state index is 3.00. The van der Waals surface area contributed by atoms with Crippen LogP contribution in [0.2, 0.25) is 0 Å². The SMILES string of the molecule is C.C=C.C=C.CCCC. The minimum Gasteiger partial charge on any atom is -0.106 e. The van der Waals surface area contributed by atoms with Gasteiger partial charge in [-0.3, -0.25) is 0 Å². The molecule has 0 aliphatic carbocycles. The van der Waals surface area contributed by atoms with Gasteiger partial charge in [0.2, 0.25) is 0 Å². The minimum absolute atomic E-state index is 0. The summed E-state index contributed by atoms with van der Waals surface area (Å²) in [4.78, 5) is 0. The third-order valence-corrected chi connectivity index (χ3v) is 0.500. The molecule has 0 N–H and O–H groups in total. The van der Waals surface area contributed by atoms with Gasteiger partial charge in [-0.05, 0) is 0 Å². The summed E-state index contributed by atoms with van der Waals surface area (Å²) in [5.41, 5.74) is 0. The maximum Gasteiger partial charge on any atom is -0.0564 e. The van der Waals surface area contributed by atoms with E-state index in [1.54, 1.807) is 0 Å². The number of rotatable bonds is 1. The van der Waals surface area contributed by atoms with Crippen LogP contribution in [-0.2, 0) is 0 Å². The van der Waals surface area contributed by atoms with Crippen molar-refractivity contribution in [2.24, 2.45) is 0 Å². The zero-order valence-electron chi connectivity index (χ0n) is 6.24. The van der Waals surface area contributed by atoms with Gasteiger partial charge in [0.25, 0.3) is 0 Å². The van der Waals surface area contributed by atoms with Gasteiger partial charge in [0.15, 0.2) is 0 Å². The van der Waals surface area contributed by atoms with Crippen molar-refractivity contribution < 1.29 is 0 Å². The van der Waals surface area contributed by atoms with E-state index in [9.17, 15) is 0 Å². The van der Waals surface area contributed by atoms with Crippen molar-refractivity contribution >= 4 is 0 Å². The van der Waals surface area contributed by atoms with Crippen molar-refractivity contribution in [2.75, 3.05) is 0 Å². The highest BCUT2D eigenvalue weighted by atomic mass is 13.6. The van der Waals surface area contributed by atoms with Crippen molar-refractivity contribution in [3.05, 3.63) is 26.3 Å². The molecular weight excluding hydrogens is 108 g/mol. The summed E-state index contributed by atoms with van der Waals surface area (Å²) < 4.78 is 0. The summed E-state index contributed by atoms with van der Waals surface area (Å²) in [6.07, 6.45) is 2.64. The molecular formula is C9H22. The monoisotopic (exact) mass is 130 g/mol. The lowest BCUT2D eigenvalue weighted by atomic mass is 10.4. The quantitative estimate of drug-likeness (QED) is 0.470. The first-order chi connectivity index (χ1) is 3.91. The Morgan fingerprint density at radius 2 is 0.889 bits per heavy atom. The molecule has 0 radical (unpaired) electrons. The predicted molar refractivity (Wildman–Crippen MR) is 49.8 cm³/mol. The Balaban J connectivity index is -0.0000000221. The largest absolute Gasteiger partial charge is 0.106 e. The smallest absolute Gasteiger partial charge is 0.0564 e. The van der Waals surface area contributed by atoms with Crippen molar-refractivity contribution in [3.8, 4) is 0 Å². The van der Waals surface area contributed by atoms with Gasteiger partial charge >= 0.3 is 0 Å². The third kappa shape index (κ3) is 975. The molecule has 0 saturated heterocycles. The summed E-state index contributed by atoms with van der Waals surface area (Å²) in [6.45, 7) is 16.4. The number of hydrogen-bond donors (Lipinski definition) is 0. The van der Waals surface area contributed by atoms with E-state index in [4.69, 9.17) is 0 Å². The molecule has 0 fully saturated rings. The van der Waals surface area contributed by atoms with Gasteiger partial charge in [-0.15, -0.1) is 26.3 Å². The van der Waals surface area contributed by atoms with E-state index in [0.717, 1.165) is 0 Å². The summed E-state index contributed by atoms with van der Waals surface area (Å²) in [5.74, 6) is 0. The van der Waals surface area contributed by atoms with Crippen LogP contribution in [0.15, 0.2) is 26.3 Å². The molecule has 0 heterocycles. The summed E-state index contributed by atoms with van der Waals surface area (Å²) >= 11 is 0. The zero-order valence-corrected chi connectivity index (χ0v) is 6.24. The first-order valence-corrected chi connectivity index (χ1v) is 2.91. The standard InChI is InChI=1S/C4H10.2C2H4.CH4/c1-3-4-2;2*1-2;/h3-4H2,1-2H3;2*1-2H2;1H4. The molecule has 0 aromatic carbocycles. The average molecular weight is 130 g/mol. The van der Waals surface area contributed by atoms with Gasteiger partial charge in [0.1, 0.15) is 0 Å². The fourth-order valence-electron chi connectivity index (χ4n) is 0. The molecule has 0 aliphatic heterocycles. The van der Waals surface area contributed by atoms with E-state index < -0.39 is 0 Å². The van der Waals surface area contributed by atoms with Crippen LogP contribution in [0.1, 0.15) is 34.1 Å². The second-order valence-electron chi connectivity index (χ2n) is 1.000. The maximum absolute atomic E-state index is 3.00. The fraction of sp³-hybridized carbons (Fsp3) is 0.556. The molecule has 0 aromatic rings. The lowest BCUT2D eigenvalue weighted by Gasteiger charge is -1.68. The highest BCUT2D eigenvalue weighted by molar-refractivity contribution is 4.22. The van der Waals surface area contributed by atoms with E-state index >= 15 is 0 Å². The van der Waals surface area contributed by atoms with Crippen LogP contribution in [0.5, 0.6) is 0 Å². The lowest BCUT2D eigenvalue weighted by molar-refractivity contribution is 0.886. The summed E-state index contributed by atoms with van der Waals surface area (Å²) in [7, 11) is 0. The Bertz CT molecular complexity index is 12.0. The molecule has 0 amide bonds. The molecule has 0 aliphatic rings. The van der Waals surface area contributed by atoms with Crippen LogP contribution in [-0.4, -0.2) is 0 Å². The molecule has 0 aromatic heterocycles. The molecule has 58 valence electrons. The highest BCUT2D eigenvalue weighted by Gasteiger charge is 1.56. The second kappa shape index (κ2) is 143. The Morgan fingerprint density at radius 1 is 0.778 bits per heavy atom. The van der Waals surface area contributed by atoms with Gasteiger partial charge < -0.3 is 0 Å². The van der Waals surface area contributed by atoms with Gasteiger partial charge in [-0.1, -0.05) is 34.1 Å². The number of unbranched alkanes of at least 4 members (excludes halogenated alkanes) is 1. The van der Waals surface area contributed by atoms with Crippen molar-refractivity contribution in [1.82, 2.24) is 0 Å². The second-order valence-corrected chi connectivity index (χ2v) is 1.000. The van der Waals surface area contributed by atoms with Gasteiger partial charge in [0.05, 0.1) is 0 Å². The summed E-state index contributed by atoms with van der Waals surface area (Å²) in [5, 5.41) is 0. The zero-order chi connectivity index (χ0) is 7.41. The van der Waals surface area contributed by atoms with Gasteiger partial charge in [-0.2, -0.15) is 0 Å². The van der Waals surface area contributed by atoms with Crippen LogP contribution in [0.3, 0.4) is 0 Å². The first-order valence-electron chi connectivity index (χ1n) is 2.91. The molecule has 0 unspecified atom stereocenters. The van der Waals surface area contributed by atoms with Gasteiger partial charge in [0, 0.05) is 0 Å². The minimum atomic E-state index is 0. The van der Waals surface area contributed by atoms with Crippen molar-refractivity contribution in [1.29, 1.82) is 0 Å². The van der Waals surface area contributed by atoms with E-state index in [2.05, 4.69) is 40.2 Å². The van der Waals surface area contributed by atoms with E-state index in [1.165, 1.54) is 12.8 Å². The Morgan fingerprint density at radius 3 is 0.889 bits per heavy atom. The van der Waals surface area contributed by atoms with E-state index in [1.807, 2.05) is 0 Å². The molecule has 0 atom stereocenters. The molecule has 0 rings (SSSR count). The van der Waals surface area contributed by atoms with E-state index in [-0.39, 0.29) is 7.43 Å². The fourth-order valence-corrected chi connectivity index (χ4v) is 0. The molecule has 0 saturated carbocycles. The Kier molecular flexibility index (Phi) is 377. The summed E-state index contributed by atoms with van der Waals surface area (Å²) in [6, 6.07) is 0. The molecule has 0 heteroatoms. The Labute approximate surface area is 61.3 Å².